The van der Waals surface area contributed by atoms with Crippen LogP contribution in [0.1, 0.15) is 30.2 Å². The molecule has 0 saturated carbocycles. The molecule has 0 aliphatic rings. The first-order chi connectivity index (χ1) is 7.11. The molecular weight excluding hydrogens is 190 g/mol. The highest BCUT2D eigenvalue weighted by Gasteiger charge is 2.15. The standard InChI is InChI=1S/C11H13N3O/c1-7(2)11(15)9-5-4-6-10-13-12-8(3)14(9)10/h4-7H,1-3H3. The Balaban J connectivity index is 2.70. The molecule has 0 unspecified atom stereocenters. The van der Waals surface area contributed by atoms with Crippen LogP contribution >= 0.6 is 0 Å². The van der Waals surface area contributed by atoms with Crippen LogP contribution in [0.15, 0.2) is 18.2 Å². The molecule has 78 valence electrons. The van der Waals surface area contributed by atoms with Crippen molar-refractivity contribution in [1.82, 2.24) is 14.6 Å². The minimum Gasteiger partial charge on any atom is -0.292 e. The number of rotatable bonds is 2. The number of ketones is 1. The number of hydrogen-bond donors (Lipinski definition) is 0. The topological polar surface area (TPSA) is 47.3 Å². The van der Waals surface area contributed by atoms with Crippen molar-refractivity contribution < 1.29 is 4.79 Å². The number of Topliss-reactive ketones (excluding diaryl/α,β-unsaturated/α-hetero) is 1. The van der Waals surface area contributed by atoms with Gasteiger partial charge in [0.15, 0.2) is 11.4 Å². The molecule has 0 amide bonds. The Morgan fingerprint density at radius 3 is 2.73 bits per heavy atom. The summed E-state index contributed by atoms with van der Waals surface area (Å²) in [6.07, 6.45) is 0. The average Bonchev–Trinajstić information content (AvgIpc) is 2.59. The number of carbonyl (C=O) groups excluding carboxylic acids is 1. The fourth-order valence-corrected chi connectivity index (χ4v) is 1.57. The van der Waals surface area contributed by atoms with E-state index in [1.165, 1.54) is 0 Å². The molecule has 0 spiro atoms. The first-order valence-corrected chi connectivity index (χ1v) is 4.96. The van der Waals surface area contributed by atoms with E-state index in [0.717, 1.165) is 11.5 Å². The number of nitrogens with zero attached hydrogens (tertiary/aromatic N) is 3. The van der Waals surface area contributed by atoms with Gasteiger partial charge in [0.25, 0.3) is 0 Å². The van der Waals surface area contributed by atoms with Gasteiger partial charge in [0.1, 0.15) is 5.82 Å². The maximum absolute atomic E-state index is 11.9. The molecule has 0 aliphatic heterocycles. The lowest BCUT2D eigenvalue weighted by Gasteiger charge is -2.07. The molecule has 2 heterocycles. The van der Waals surface area contributed by atoms with Crippen LogP contribution in [0.25, 0.3) is 5.65 Å². The van der Waals surface area contributed by atoms with Gasteiger partial charge in [-0.3, -0.25) is 9.20 Å². The molecule has 0 N–H and O–H groups in total. The molecular formula is C11H13N3O. The second-order valence-electron chi connectivity index (χ2n) is 3.87. The SMILES string of the molecule is Cc1nnc2cccc(C(=O)C(C)C)n12. The summed E-state index contributed by atoms with van der Waals surface area (Å²) in [5, 5.41) is 7.94. The van der Waals surface area contributed by atoms with Gasteiger partial charge in [0.05, 0.1) is 5.69 Å². The van der Waals surface area contributed by atoms with Crippen molar-refractivity contribution in [2.24, 2.45) is 5.92 Å². The quantitative estimate of drug-likeness (QED) is 0.700. The molecule has 4 heteroatoms. The highest BCUT2D eigenvalue weighted by atomic mass is 16.1. The van der Waals surface area contributed by atoms with Gasteiger partial charge >= 0.3 is 0 Å². The summed E-state index contributed by atoms with van der Waals surface area (Å²) < 4.78 is 1.79. The Morgan fingerprint density at radius 2 is 2.07 bits per heavy atom. The molecule has 0 atom stereocenters. The zero-order chi connectivity index (χ0) is 11.0. The van der Waals surface area contributed by atoms with Gasteiger partial charge in [0, 0.05) is 5.92 Å². The lowest BCUT2D eigenvalue weighted by molar-refractivity contribution is 0.0933. The zero-order valence-electron chi connectivity index (χ0n) is 9.06. The Hall–Kier alpha value is -1.71. The van der Waals surface area contributed by atoms with Gasteiger partial charge < -0.3 is 0 Å². The Bertz CT molecular complexity index is 514. The van der Waals surface area contributed by atoms with Crippen LogP contribution in [0, 0.1) is 12.8 Å². The molecule has 0 saturated heterocycles. The van der Waals surface area contributed by atoms with E-state index in [2.05, 4.69) is 10.2 Å². The van der Waals surface area contributed by atoms with Crippen molar-refractivity contribution in [3.63, 3.8) is 0 Å². The van der Waals surface area contributed by atoms with E-state index in [1.807, 2.05) is 39.0 Å². The predicted octanol–water partition coefficient (Wildman–Crippen LogP) is 1.88. The van der Waals surface area contributed by atoms with Gasteiger partial charge in [-0.05, 0) is 19.1 Å². The summed E-state index contributed by atoms with van der Waals surface area (Å²) >= 11 is 0. The maximum atomic E-state index is 11.9. The fraction of sp³-hybridized carbons (Fsp3) is 0.364. The minimum atomic E-state index is -0.0163. The average molecular weight is 203 g/mol. The summed E-state index contributed by atoms with van der Waals surface area (Å²) in [5.41, 5.74) is 1.38. The first kappa shape index (κ1) is 9.83. The molecule has 0 fully saturated rings. The van der Waals surface area contributed by atoms with Crippen LogP contribution in [-0.2, 0) is 0 Å². The van der Waals surface area contributed by atoms with Crippen LogP contribution in [0.5, 0.6) is 0 Å². The summed E-state index contributed by atoms with van der Waals surface area (Å²) in [6, 6.07) is 5.49. The summed E-state index contributed by atoms with van der Waals surface area (Å²) in [7, 11) is 0. The van der Waals surface area contributed by atoms with Crippen LogP contribution in [-0.4, -0.2) is 20.4 Å². The van der Waals surface area contributed by atoms with E-state index in [-0.39, 0.29) is 11.7 Å². The van der Waals surface area contributed by atoms with E-state index >= 15 is 0 Å². The number of fused-ring (bicyclic) bond motifs is 1. The Morgan fingerprint density at radius 1 is 1.33 bits per heavy atom. The third-order valence-corrected chi connectivity index (χ3v) is 2.37. The van der Waals surface area contributed by atoms with Gasteiger partial charge in [-0.15, -0.1) is 10.2 Å². The summed E-state index contributed by atoms with van der Waals surface area (Å²) in [5.74, 6) is 0.843. The lowest BCUT2D eigenvalue weighted by atomic mass is 10.1. The minimum absolute atomic E-state index is 0.0163. The number of hydrogen-bond acceptors (Lipinski definition) is 3. The largest absolute Gasteiger partial charge is 0.292 e. The second-order valence-corrected chi connectivity index (χ2v) is 3.87. The van der Waals surface area contributed by atoms with Crippen LogP contribution in [0.3, 0.4) is 0 Å². The maximum Gasteiger partial charge on any atom is 0.182 e. The summed E-state index contributed by atoms with van der Waals surface area (Å²) in [6.45, 7) is 5.62. The van der Waals surface area contributed by atoms with Gasteiger partial charge in [-0.1, -0.05) is 19.9 Å². The molecule has 15 heavy (non-hydrogen) atoms. The van der Waals surface area contributed by atoms with Crippen molar-refractivity contribution in [1.29, 1.82) is 0 Å². The molecule has 2 rings (SSSR count). The fourth-order valence-electron chi connectivity index (χ4n) is 1.57. The van der Waals surface area contributed by atoms with E-state index in [1.54, 1.807) is 4.40 Å². The number of aryl methyl sites for hydroxylation is 1. The molecule has 0 aliphatic carbocycles. The molecule has 2 aromatic heterocycles. The summed E-state index contributed by atoms with van der Waals surface area (Å²) in [4.78, 5) is 11.9. The molecule has 4 nitrogen and oxygen atoms in total. The number of carbonyl (C=O) groups is 1. The van der Waals surface area contributed by atoms with Gasteiger partial charge in [-0.2, -0.15) is 0 Å². The van der Waals surface area contributed by atoms with E-state index in [4.69, 9.17) is 0 Å². The molecule has 0 aromatic carbocycles. The number of pyridine rings is 1. The Kier molecular flexibility index (Phi) is 2.26. The van der Waals surface area contributed by atoms with Crippen molar-refractivity contribution in [2.45, 2.75) is 20.8 Å². The first-order valence-electron chi connectivity index (χ1n) is 4.96. The zero-order valence-corrected chi connectivity index (χ0v) is 9.06. The molecule has 0 radical (unpaired) electrons. The third-order valence-electron chi connectivity index (χ3n) is 2.37. The second kappa shape index (κ2) is 3.46. The molecule has 0 bridgehead atoms. The normalized spacial score (nSPS) is 11.2. The highest BCUT2D eigenvalue weighted by molar-refractivity contribution is 5.96. The third kappa shape index (κ3) is 1.52. The van der Waals surface area contributed by atoms with Crippen molar-refractivity contribution in [3.05, 3.63) is 29.7 Å². The van der Waals surface area contributed by atoms with Crippen molar-refractivity contribution >= 4 is 11.4 Å². The molecule has 2 aromatic rings. The van der Waals surface area contributed by atoms with E-state index < -0.39 is 0 Å². The van der Waals surface area contributed by atoms with Crippen molar-refractivity contribution in [3.8, 4) is 0 Å². The van der Waals surface area contributed by atoms with Crippen LogP contribution < -0.4 is 0 Å². The Labute approximate surface area is 87.9 Å². The van der Waals surface area contributed by atoms with E-state index in [9.17, 15) is 4.79 Å². The lowest BCUT2D eigenvalue weighted by Crippen LogP contribution is -2.12. The highest BCUT2D eigenvalue weighted by Crippen LogP contribution is 2.12. The van der Waals surface area contributed by atoms with Crippen molar-refractivity contribution in [2.75, 3.05) is 0 Å². The van der Waals surface area contributed by atoms with E-state index in [0.29, 0.717) is 5.69 Å². The predicted molar refractivity (Wildman–Crippen MR) is 56.9 cm³/mol. The van der Waals surface area contributed by atoms with Gasteiger partial charge in [0.2, 0.25) is 0 Å². The van der Waals surface area contributed by atoms with Crippen LogP contribution in [0.4, 0.5) is 0 Å². The van der Waals surface area contributed by atoms with Crippen LogP contribution in [0.2, 0.25) is 0 Å². The number of aromatic nitrogens is 3. The smallest absolute Gasteiger partial charge is 0.182 e. The van der Waals surface area contributed by atoms with Gasteiger partial charge in [-0.25, -0.2) is 0 Å². The monoisotopic (exact) mass is 203 g/mol.